The van der Waals surface area contributed by atoms with E-state index in [1.165, 1.54) is 24.0 Å². The van der Waals surface area contributed by atoms with Gasteiger partial charge in [-0.05, 0) is 79.4 Å². The SMILES string of the molecule is CN=CN=C(N)c1ccc(C2=CCN(C(=O)CN3CC[C@]4(CCN(c5ccc(N)c(C(=N)c6ccc(F)cc6)c5)C4=O)C3)CC2)cc1. The smallest absolute Gasteiger partial charge is 0.237 e. The zero-order valence-electron chi connectivity index (χ0n) is 26.5. The molecule has 0 unspecified atom stereocenters. The van der Waals surface area contributed by atoms with Gasteiger partial charge in [-0.1, -0.05) is 30.3 Å². The van der Waals surface area contributed by atoms with Crippen molar-refractivity contribution in [2.45, 2.75) is 19.3 Å². The van der Waals surface area contributed by atoms with Crippen LogP contribution in [0.1, 0.15) is 41.5 Å². The van der Waals surface area contributed by atoms with Crippen LogP contribution in [0.5, 0.6) is 0 Å². The number of nitrogens with two attached hydrogens (primary N) is 2. The van der Waals surface area contributed by atoms with E-state index in [4.69, 9.17) is 16.9 Å². The standard InChI is InChI=1S/C36H39FN8O2/c1-41-23-42-34(40)27-4-2-24(3-5-27)25-12-16-44(17-13-25)32(46)21-43-18-14-36(22-43)15-19-45(35(36)47)29-10-11-31(38)30(20-29)33(39)26-6-8-28(37)9-7-26/h2-12,20,23,39H,13-19,21-22,38H2,1H3,(H2,40,41,42)/t36-/m0/s1. The molecule has 1 atom stereocenters. The molecule has 5 N–H and O–H groups in total. The van der Waals surface area contributed by atoms with Crippen LogP contribution in [0.15, 0.2) is 82.8 Å². The highest BCUT2D eigenvalue weighted by molar-refractivity contribution is 6.14. The Kier molecular flexibility index (Phi) is 8.99. The number of rotatable bonds is 8. The van der Waals surface area contributed by atoms with Crippen LogP contribution in [0.4, 0.5) is 15.8 Å². The first kappa shape index (κ1) is 31.8. The second-order valence-corrected chi connectivity index (χ2v) is 12.4. The number of likely N-dealkylation sites (tertiary alicyclic amines) is 1. The second kappa shape index (κ2) is 13.3. The van der Waals surface area contributed by atoms with Gasteiger partial charge in [0.25, 0.3) is 0 Å². The van der Waals surface area contributed by atoms with Crippen molar-refractivity contribution in [2.24, 2.45) is 21.1 Å². The Labute approximate surface area is 273 Å². The number of amides is 2. The van der Waals surface area contributed by atoms with Crippen molar-refractivity contribution >= 4 is 46.6 Å². The number of nitrogen functional groups attached to an aromatic ring is 1. The van der Waals surface area contributed by atoms with Crippen molar-refractivity contribution in [3.05, 3.63) is 101 Å². The van der Waals surface area contributed by atoms with E-state index in [1.807, 2.05) is 35.2 Å². The van der Waals surface area contributed by atoms with Gasteiger partial charge in [-0.15, -0.1) is 0 Å². The van der Waals surface area contributed by atoms with E-state index in [9.17, 15) is 14.0 Å². The number of carbonyl (C=O) groups is 2. The summed E-state index contributed by atoms with van der Waals surface area (Å²) in [6.45, 7) is 3.25. The van der Waals surface area contributed by atoms with Gasteiger partial charge in [0.15, 0.2) is 0 Å². The average molecular weight is 635 g/mol. The van der Waals surface area contributed by atoms with Crippen molar-refractivity contribution < 1.29 is 14.0 Å². The molecule has 6 rings (SSSR count). The Balaban J connectivity index is 1.05. The maximum absolute atomic E-state index is 13.9. The molecule has 47 heavy (non-hydrogen) atoms. The van der Waals surface area contributed by atoms with Gasteiger partial charge in [0.2, 0.25) is 11.8 Å². The molecular weight excluding hydrogens is 595 g/mol. The molecule has 0 aliphatic carbocycles. The van der Waals surface area contributed by atoms with Crippen LogP contribution in [-0.4, -0.2) is 85.8 Å². The largest absolute Gasteiger partial charge is 0.398 e. The molecule has 3 aliphatic heterocycles. The normalized spacial score (nSPS) is 20.4. The quantitative estimate of drug-likeness (QED) is 0.195. The third kappa shape index (κ3) is 6.57. The zero-order chi connectivity index (χ0) is 33.1. The highest BCUT2D eigenvalue weighted by Gasteiger charge is 2.51. The number of amidine groups is 1. The highest BCUT2D eigenvalue weighted by Crippen LogP contribution is 2.43. The average Bonchev–Trinajstić information content (AvgIpc) is 3.65. The van der Waals surface area contributed by atoms with Gasteiger partial charge in [-0.25, -0.2) is 9.38 Å². The van der Waals surface area contributed by atoms with Crippen LogP contribution in [0.25, 0.3) is 5.57 Å². The molecule has 0 aromatic heterocycles. The van der Waals surface area contributed by atoms with E-state index in [1.54, 1.807) is 36.2 Å². The Morgan fingerprint density at radius 1 is 1.02 bits per heavy atom. The molecule has 2 saturated heterocycles. The first-order valence-corrected chi connectivity index (χ1v) is 15.8. The maximum Gasteiger partial charge on any atom is 0.237 e. The minimum Gasteiger partial charge on any atom is -0.398 e. The predicted octanol–water partition coefficient (Wildman–Crippen LogP) is 3.93. The fraction of sp³-hybridized carbons (Fsp3) is 0.306. The molecule has 3 aromatic rings. The first-order chi connectivity index (χ1) is 22.7. The topological polar surface area (TPSA) is 144 Å². The van der Waals surface area contributed by atoms with Crippen LogP contribution < -0.4 is 16.4 Å². The minimum atomic E-state index is -0.537. The van der Waals surface area contributed by atoms with Gasteiger partial charge < -0.3 is 21.3 Å². The lowest BCUT2D eigenvalue weighted by molar-refractivity contribution is -0.132. The number of aliphatic imine (C=N–C) groups is 2. The van der Waals surface area contributed by atoms with E-state index < -0.39 is 5.41 Å². The lowest BCUT2D eigenvalue weighted by atomic mass is 9.85. The van der Waals surface area contributed by atoms with Crippen molar-refractivity contribution in [1.29, 1.82) is 5.41 Å². The van der Waals surface area contributed by atoms with Crippen molar-refractivity contribution in [3.8, 4) is 0 Å². The molecule has 2 fully saturated rings. The third-order valence-electron chi connectivity index (χ3n) is 9.48. The van der Waals surface area contributed by atoms with Crippen molar-refractivity contribution in [1.82, 2.24) is 9.80 Å². The van der Waals surface area contributed by atoms with Gasteiger partial charge in [0.05, 0.1) is 17.7 Å². The summed E-state index contributed by atoms with van der Waals surface area (Å²) in [5.74, 6) is 0.144. The number of anilines is 2. The summed E-state index contributed by atoms with van der Waals surface area (Å²) >= 11 is 0. The predicted molar refractivity (Wildman–Crippen MR) is 184 cm³/mol. The van der Waals surface area contributed by atoms with Crippen molar-refractivity contribution in [3.63, 3.8) is 0 Å². The lowest BCUT2D eigenvalue weighted by Crippen LogP contribution is -2.43. The number of hydrogen-bond acceptors (Lipinski definition) is 6. The molecule has 0 radical (unpaired) electrons. The second-order valence-electron chi connectivity index (χ2n) is 12.4. The Bertz CT molecular complexity index is 1780. The van der Waals surface area contributed by atoms with Gasteiger partial charge in [-0.2, -0.15) is 0 Å². The van der Waals surface area contributed by atoms with Crippen LogP contribution in [-0.2, 0) is 9.59 Å². The molecule has 1 spiro atoms. The molecule has 3 aliphatic rings. The molecule has 10 nitrogen and oxygen atoms in total. The Hall–Kier alpha value is -5.16. The Morgan fingerprint density at radius 2 is 1.74 bits per heavy atom. The summed E-state index contributed by atoms with van der Waals surface area (Å²) in [4.78, 5) is 40.9. The molecule has 11 heteroatoms. The van der Waals surface area contributed by atoms with Crippen LogP contribution in [0, 0.1) is 16.6 Å². The van der Waals surface area contributed by atoms with E-state index in [2.05, 4.69) is 21.0 Å². The number of hydrogen-bond donors (Lipinski definition) is 3. The number of carbonyl (C=O) groups excluding carboxylic acids is 2. The molecule has 0 bridgehead atoms. The van der Waals surface area contributed by atoms with Crippen LogP contribution in [0.3, 0.4) is 0 Å². The fourth-order valence-corrected chi connectivity index (χ4v) is 6.74. The summed E-state index contributed by atoms with van der Waals surface area (Å²) in [6.07, 6.45) is 5.69. The highest BCUT2D eigenvalue weighted by atomic mass is 19.1. The summed E-state index contributed by atoms with van der Waals surface area (Å²) in [7, 11) is 1.64. The number of nitrogens with zero attached hydrogens (tertiary/aromatic N) is 5. The molecule has 3 aromatic carbocycles. The van der Waals surface area contributed by atoms with Crippen LogP contribution in [0.2, 0.25) is 0 Å². The van der Waals surface area contributed by atoms with Gasteiger partial charge in [0, 0.05) is 61.3 Å². The van der Waals surface area contributed by atoms with Crippen LogP contribution >= 0.6 is 0 Å². The third-order valence-corrected chi connectivity index (χ3v) is 9.48. The Morgan fingerprint density at radius 3 is 2.45 bits per heavy atom. The summed E-state index contributed by atoms with van der Waals surface area (Å²) in [5.41, 5.74) is 17.1. The number of halogens is 1. The molecular formula is C36H39FN8O2. The van der Waals surface area contributed by atoms with Gasteiger partial charge in [-0.3, -0.25) is 24.9 Å². The molecule has 2 amide bonds. The molecule has 3 heterocycles. The van der Waals surface area contributed by atoms with E-state index in [0.29, 0.717) is 73.9 Å². The van der Waals surface area contributed by atoms with Crippen molar-refractivity contribution in [2.75, 3.05) is 56.9 Å². The molecule has 0 saturated carbocycles. The number of benzene rings is 3. The van der Waals surface area contributed by atoms with E-state index in [0.717, 1.165) is 17.5 Å². The number of nitrogens with one attached hydrogen (secondary N) is 1. The maximum atomic E-state index is 13.9. The first-order valence-electron chi connectivity index (χ1n) is 15.8. The zero-order valence-corrected chi connectivity index (χ0v) is 26.5. The fourth-order valence-electron chi connectivity index (χ4n) is 6.74. The van der Waals surface area contributed by atoms with E-state index in [-0.39, 0.29) is 29.9 Å². The summed E-state index contributed by atoms with van der Waals surface area (Å²) in [6, 6.07) is 18.9. The summed E-state index contributed by atoms with van der Waals surface area (Å²) in [5, 5.41) is 8.67. The monoisotopic (exact) mass is 634 g/mol. The minimum absolute atomic E-state index is 0.0413. The summed E-state index contributed by atoms with van der Waals surface area (Å²) < 4.78 is 13.4. The van der Waals surface area contributed by atoms with Gasteiger partial charge in [0.1, 0.15) is 18.0 Å². The molecule has 242 valence electrons. The van der Waals surface area contributed by atoms with Gasteiger partial charge >= 0.3 is 0 Å². The lowest BCUT2D eigenvalue weighted by Gasteiger charge is -2.29. The van der Waals surface area contributed by atoms with E-state index >= 15 is 0 Å².